The van der Waals surface area contributed by atoms with Crippen molar-refractivity contribution in [2.45, 2.75) is 45.3 Å². The minimum atomic E-state index is -0.429. The van der Waals surface area contributed by atoms with Crippen LogP contribution < -0.4 is 5.32 Å². The maximum absolute atomic E-state index is 9.60. The Balaban J connectivity index is 3.27. The summed E-state index contributed by atoms with van der Waals surface area (Å²) in [5.74, 6) is 0. The van der Waals surface area contributed by atoms with E-state index in [1.165, 1.54) is 0 Å². The van der Waals surface area contributed by atoms with Crippen molar-refractivity contribution in [2.24, 2.45) is 0 Å². The van der Waals surface area contributed by atoms with Crippen molar-refractivity contribution in [3.05, 3.63) is 0 Å². The highest BCUT2D eigenvalue weighted by molar-refractivity contribution is 4.64. The van der Waals surface area contributed by atoms with Crippen LogP contribution in [0.2, 0.25) is 0 Å². The van der Waals surface area contributed by atoms with Gasteiger partial charge in [-0.25, -0.2) is 0 Å². The van der Waals surface area contributed by atoms with E-state index in [0.717, 1.165) is 26.0 Å². The second kappa shape index (κ2) is 8.93. The van der Waals surface area contributed by atoms with E-state index in [9.17, 15) is 5.11 Å². The molecule has 0 saturated carbocycles. The first-order chi connectivity index (χ1) is 7.45. The van der Waals surface area contributed by atoms with Gasteiger partial charge in [0.2, 0.25) is 0 Å². The number of hydrogen-bond acceptors (Lipinski definition) is 4. The molecule has 1 atom stereocenters. The Morgan fingerprint density at radius 1 is 1.25 bits per heavy atom. The lowest BCUT2D eigenvalue weighted by molar-refractivity contribution is -0.0478. The molecule has 0 aliphatic heterocycles. The summed E-state index contributed by atoms with van der Waals surface area (Å²) in [6.07, 6.45) is 1.69. The summed E-state index contributed by atoms with van der Waals surface area (Å²) in [5.41, 5.74) is -0.181. The third kappa shape index (κ3) is 11.9. The minimum Gasteiger partial charge on any atom is -0.389 e. The summed E-state index contributed by atoms with van der Waals surface area (Å²) in [4.78, 5) is 0. The van der Waals surface area contributed by atoms with Gasteiger partial charge in [0.25, 0.3) is 0 Å². The fraction of sp³-hybridized carbons (Fsp3) is 1.00. The van der Waals surface area contributed by atoms with Crippen molar-refractivity contribution in [3.63, 3.8) is 0 Å². The van der Waals surface area contributed by atoms with Crippen molar-refractivity contribution < 1.29 is 14.6 Å². The monoisotopic (exact) mass is 233 g/mol. The van der Waals surface area contributed by atoms with Crippen LogP contribution in [-0.4, -0.2) is 50.2 Å². The highest BCUT2D eigenvalue weighted by Gasteiger charge is 2.12. The van der Waals surface area contributed by atoms with E-state index in [-0.39, 0.29) is 5.60 Å². The third-order valence-electron chi connectivity index (χ3n) is 2.04. The predicted octanol–water partition coefficient (Wildman–Crippen LogP) is 1.18. The Kier molecular flexibility index (Phi) is 8.84. The van der Waals surface area contributed by atoms with Gasteiger partial charge in [0.1, 0.15) is 0 Å². The molecule has 0 aliphatic rings. The van der Waals surface area contributed by atoms with E-state index in [0.29, 0.717) is 13.2 Å². The normalized spacial score (nSPS) is 14.1. The number of aliphatic hydroxyl groups excluding tert-OH is 1. The van der Waals surface area contributed by atoms with Gasteiger partial charge in [-0.2, -0.15) is 0 Å². The largest absolute Gasteiger partial charge is 0.389 e. The summed E-state index contributed by atoms with van der Waals surface area (Å²) in [6, 6.07) is 0. The molecule has 0 radical (unpaired) electrons. The zero-order valence-corrected chi connectivity index (χ0v) is 11.1. The molecule has 0 aromatic heterocycles. The first kappa shape index (κ1) is 15.8. The molecule has 4 heteroatoms. The lowest BCUT2D eigenvalue weighted by Crippen LogP contribution is -2.34. The summed E-state index contributed by atoms with van der Waals surface area (Å²) in [6.45, 7) is 8.64. The van der Waals surface area contributed by atoms with Gasteiger partial charge in [0.05, 0.1) is 18.3 Å². The number of aliphatic hydroxyl groups is 1. The van der Waals surface area contributed by atoms with Crippen LogP contribution in [-0.2, 0) is 9.47 Å². The van der Waals surface area contributed by atoms with E-state index in [1.54, 1.807) is 7.11 Å². The highest BCUT2D eigenvalue weighted by atomic mass is 16.5. The van der Waals surface area contributed by atoms with Crippen LogP contribution in [0.5, 0.6) is 0 Å². The van der Waals surface area contributed by atoms with Crippen molar-refractivity contribution >= 4 is 0 Å². The average molecular weight is 233 g/mol. The van der Waals surface area contributed by atoms with Crippen LogP contribution in [0, 0.1) is 0 Å². The van der Waals surface area contributed by atoms with Gasteiger partial charge in [-0.3, -0.25) is 0 Å². The molecular weight excluding hydrogens is 206 g/mol. The molecule has 0 rings (SSSR count). The molecule has 0 heterocycles. The minimum absolute atomic E-state index is 0.181. The van der Waals surface area contributed by atoms with Gasteiger partial charge in [-0.05, 0) is 40.2 Å². The van der Waals surface area contributed by atoms with E-state index in [4.69, 9.17) is 9.47 Å². The molecule has 16 heavy (non-hydrogen) atoms. The first-order valence-electron chi connectivity index (χ1n) is 5.97. The summed E-state index contributed by atoms with van der Waals surface area (Å²) < 4.78 is 10.4. The number of methoxy groups -OCH3 is 1. The molecule has 0 bridgehead atoms. The molecule has 0 aromatic rings. The Labute approximate surface area is 99.3 Å². The maximum Gasteiger partial charge on any atom is 0.0897 e. The van der Waals surface area contributed by atoms with Crippen LogP contribution in [0.1, 0.15) is 33.6 Å². The molecule has 0 aliphatic carbocycles. The second-order valence-electron chi connectivity index (χ2n) is 4.98. The van der Waals surface area contributed by atoms with Crippen LogP contribution in [0.4, 0.5) is 0 Å². The standard InChI is InChI=1S/C12H27NO3/c1-12(2,3)16-10-11(14)9-13-7-5-6-8-15-4/h11,13-14H,5-10H2,1-4H3. The molecule has 2 N–H and O–H groups in total. The lowest BCUT2D eigenvalue weighted by atomic mass is 10.2. The summed E-state index contributed by atoms with van der Waals surface area (Å²) in [7, 11) is 1.71. The van der Waals surface area contributed by atoms with Gasteiger partial charge in [0, 0.05) is 20.3 Å². The smallest absolute Gasteiger partial charge is 0.0897 e. The number of unbranched alkanes of at least 4 members (excludes halogenated alkanes) is 1. The number of nitrogens with one attached hydrogen (secondary N) is 1. The van der Waals surface area contributed by atoms with Crippen LogP contribution >= 0.6 is 0 Å². The van der Waals surface area contributed by atoms with Crippen LogP contribution in [0.3, 0.4) is 0 Å². The predicted molar refractivity (Wildman–Crippen MR) is 65.7 cm³/mol. The van der Waals surface area contributed by atoms with Gasteiger partial charge < -0.3 is 19.9 Å². The fourth-order valence-corrected chi connectivity index (χ4v) is 1.17. The fourth-order valence-electron chi connectivity index (χ4n) is 1.17. The maximum atomic E-state index is 9.60. The zero-order chi connectivity index (χ0) is 12.4. The molecule has 0 aromatic carbocycles. The summed E-state index contributed by atoms with van der Waals surface area (Å²) >= 11 is 0. The van der Waals surface area contributed by atoms with Crippen LogP contribution in [0.25, 0.3) is 0 Å². The lowest BCUT2D eigenvalue weighted by Gasteiger charge is -2.22. The van der Waals surface area contributed by atoms with Gasteiger partial charge in [-0.15, -0.1) is 0 Å². The van der Waals surface area contributed by atoms with Crippen molar-refractivity contribution in [3.8, 4) is 0 Å². The molecule has 98 valence electrons. The molecular formula is C12H27NO3. The van der Waals surface area contributed by atoms with E-state index >= 15 is 0 Å². The Hall–Kier alpha value is -0.160. The van der Waals surface area contributed by atoms with Crippen molar-refractivity contribution in [2.75, 3.05) is 33.4 Å². The Morgan fingerprint density at radius 2 is 1.94 bits per heavy atom. The van der Waals surface area contributed by atoms with E-state index in [2.05, 4.69) is 5.32 Å². The highest BCUT2D eigenvalue weighted by Crippen LogP contribution is 2.06. The van der Waals surface area contributed by atoms with Gasteiger partial charge in [-0.1, -0.05) is 0 Å². The number of hydrogen-bond donors (Lipinski definition) is 2. The molecule has 1 unspecified atom stereocenters. The molecule has 4 nitrogen and oxygen atoms in total. The SMILES string of the molecule is COCCCCNCC(O)COC(C)(C)C. The summed E-state index contributed by atoms with van der Waals surface area (Å²) in [5, 5.41) is 12.8. The van der Waals surface area contributed by atoms with Gasteiger partial charge in [0.15, 0.2) is 0 Å². The molecule has 0 fully saturated rings. The Morgan fingerprint density at radius 3 is 2.50 bits per heavy atom. The average Bonchev–Trinajstić information content (AvgIpc) is 2.19. The molecule has 0 amide bonds. The topological polar surface area (TPSA) is 50.7 Å². The first-order valence-corrected chi connectivity index (χ1v) is 5.97. The van der Waals surface area contributed by atoms with Crippen molar-refractivity contribution in [1.29, 1.82) is 0 Å². The van der Waals surface area contributed by atoms with Crippen LogP contribution in [0.15, 0.2) is 0 Å². The van der Waals surface area contributed by atoms with Gasteiger partial charge >= 0.3 is 0 Å². The third-order valence-corrected chi connectivity index (χ3v) is 2.04. The molecule has 0 saturated heterocycles. The Bertz CT molecular complexity index is 157. The zero-order valence-electron chi connectivity index (χ0n) is 11.1. The van der Waals surface area contributed by atoms with Crippen molar-refractivity contribution in [1.82, 2.24) is 5.32 Å². The second-order valence-corrected chi connectivity index (χ2v) is 4.98. The quantitative estimate of drug-likeness (QED) is 0.587. The molecule has 0 spiro atoms. The van der Waals surface area contributed by atoms with E-state index < -0.39 is 6.10 Å². The number of rotatable bonds is 9. The van der Waals surface area contributed by atoms with E-state index in [1.807, 2.05) is 20.8 Å². The number of ether oxygens (including phenoxy) is 2.